The highest BCUT2D eigenvalue weighted by Gasteiger charge is 2.21. The summed E-state index contributed by atoms with van der Waals surface area (Å²) in [5.41, 5.74) is 4.26. The van der Waals surface area contributed by atoms with Crippen LogP contribution in [0.3, 0.4) is 0 Å². The van der Waals surface area contributed by atoms with Gasteiger partial charge in [-0.3, -0.25) is 0 Å². The second-order valence-corrected chi connectivity index (χ2v) is 8.44. The Hall–Kier alpha value is -2.34. The summed E-state index contributed by atoms with van der Waals surface area (Å²) in [6, 6.07) is 15.0. The highest BCUT2D eigenvalue weighted by molar-refractivity contribution is 5.93. The predicted molar refractivity (Wildman–Crippen MR) is 137 cm³/mol. The van der Waals surface area contributed by atoms with E-state index in [0.717, 1.165) is 40.7 Å². The van der Waals surface area contributed by atoms with Gasteiger partial charge in [0.2, 0.25) is 0 Å². The van der Waals surface area contributed by atoms with Crippen LogP contribution in [0.25, 0.3) is 33.5 Å². The minimum Gasteiger partial charge on any atom is -0.453 e. The monoisotopic (exact) mass is 472 g/mol. The van der Waals surface area contributed by atoms with E-state index < -0.39 is 0 Å². The number of likely N-dealkylation sites (tertiary alicyclic amines) is 1. The van der Waals surface area contributed by atoms with E-state index in [2.05, 4.69) is 49.3 Å². The largest absolute Gasteiger partial charge is 0.453 e. The number of benzene rings is 2. The van der Waals surface area contributed by atoms with E-state index >= 15 is 0 Å². The van der Waals surface area contributed by atoms with E-state index in [9.17, 15) is 0 Å². The third kappa shape index (κ3) is 4.56. The van der Waals surface area contributed by atoms with Gasteiger partial charge in [-0.1, -0.05) is 24.3 Å². The summed E-state index contributed by atoms with van der Waals surface area (Å²) in [6.07, 6.45) is 3.70. The summed E-state index contributed by atoms with van der Waals surface area (Å²) in [5, 5.41) is 5.74. The molecule has 7 heteroatoms. The molecule has 0 amide bonds. The van der Waals surface area contributed by atoms with Crippen molar-refractivity contribution >= 4 is 52.5 Å². The van der Waals surface area contributed by atoms with Gasteiger partial charge in [-0.15, -0.1) is 24.8 Å². The number of hydrogen-bond acceptors (Lipinski definition) is 5. The number of halogens is 2. The van der Waals surface area contributed by atoms with Crippen LogP contribution in [0.15, 0.2) is 46.9 Å². The zero-order valence-corrected chi connectivity index (χ0v) is 20.4. The maximum absolute atomic E-state index is 6.07. The van der Waals surface area contributed by atoms with Gasteiger partial charge in [0, 0.05) is 23.4 Å². The van der Waals surface area contributed by atoms with Crippen LogP contribution in [-0.2, 0) is 0 Å². The number of hydrogen-bond donors (Lipinski definition) is 1. The lowest BCUT2D eigenvalue weighted by molar-refractivity contribution is 0.301. The smallest absolute Gasteiger partial charge is 0.198 e. The zero-order valence-electron chi connectivity index (χ0n) is 18.7. The Morgan fingerprint density at radius 1 is 1.09 bits per heavy atom. The number of rotatable bonds is 5. The van der Waals surface area contributed by atoms with Crippen LogP contribution in [-0.4, -0.2) is 41.0 Å². The molecular weight excluding hydrogens is 443 g/mol. The maximum atomic E-state index is 6.07. The second-order valence-electron chi connectivity index (χ2n) is 8.44. The van der Waals surface area contributed by atoms with Crippen LogP contribution in [0.1, 0.15) is 30.4 Å². The van der Waals surface area contributed by atoms with Crippen molar-refractivity contribution in [2.24, 2.45) is 0 Å². The average Bonchev–Trinajstić information content (AvgIpc) is 3.37. The minimum absolute atomic E-state index is 0. The summed E-state index contributed by atoms with van der Waals surface area (Å²) in [6.45, 7) is 6.36. The molecule has 1 N–H and O–H groups in total. The van der Waals surface area contributed by atoms with Gasteiger partial charge < -0.3 is 14.6 Å². The zero-order chi connectivity index (χ0) is 20.7. The average molecular weight is 473 g/mol. The van der Waals surface area contributed by atoms with Crippen LogP contribution in [0.2, 0.25) is 0 Å². The SMILES string of the molecule is Cc1ccc2c(NCCC3CCCN3C)nc(-c3cc4ccccc4o3)nc2c1C.Cl.Cl. The summed E-state index contributed by atoms with van der Waals surface area (Å²) < 4.78 is 6.07. The van der Waals surface area contributed by atoms with Crippen LogP contribution >= 0.6 is 24.8 Å². The molecule has 0 radical (unpaired) electrons. The van der Waals surface area contributed by atoms with Gasteiger partial charge in [0.05, 0.1) is 5.52 Å². The first kappa shape index (κ1) is 24.3. The van der Waals surface area contributed by atoms with Crippen molar-refractivity contribution in [1.82, 2.24) is 14.9 Å². The fraction of sp³-hybridized carbons (Fsp3) is 0.360. The molecule has 1 atom stereocenters. The van der Waals surface area contributed by atoms with Gasteiger partial charge >= 0.3 is 0 Å². The lowest BCUT2D eigenvalue weighted by atomic mass is 10.1. The first-order chi connectivity index (χ1) is 14.6. The van der Waals surface area contributed by atoms with Crippen molar-refractivity contribution in [3.05, 3.63) is 53.6 Å². The first-order valence-corrected chi connectivity index (χ1v) is 10.8. The maximum Gasteiger partial charge on any atom is 0.198 e. The molecule has 0 saturated carbocycles. The molecule has 1 aliphatic rings. The molecule has 1 saturated heterocycles. The fourth-order valence-electron chi connectivity index (χ4n) is 4.47. The van der Waals surface area contributed by atoms with Crippen LogP contribution in [0.4, 0.5) is 5.82 Å². The molecule has 1 aliphatic heterocycles. The van der Waals surface area contributed by atoms with Crippen molar-refractivity contribution in [2.75, 3.05) is 25.5 Å². The second kappa shape index (κ2) is 10.1. The number of nitrogens with one attached hydrogen (secondary N) is 1. The van der Waals surface area contributed by atoms with Crippen molar-refractivity contribution in [1.29, 1.82) is 0 Å². The summed E-state index contributed by atoms with van der Waals surface area (Å²) >= 11 is 0. The number of anilines is 1. The number of furan rings is 1. The molecule has 0 bridgehead atoms. The molecular formula is C25H30Cl2N4O. The molecule has 170 valence electrons. The molecule has 0 spiro atoms. The van der Waals surface area contributed by atoms with Gasteiger partial charge in [-0.25, -0.2) is 9.97 Å². The number of para-hydroxylation sites is 1. The lowest BCUT2D eigenvalue weighted by Gasteiger charge is -2.20. The molecule has 3 heterocycles. The van der Waals surface area contributed by atoms with E-state index in [1.807, 2.05) is 24.3 Å². The van der Waals surface area contributed by atoms with E-state index in [1.54, 1.807) is 0 Å². The molecule has 2 aromatic carbocycles. The Morgan fingerprint density at radius 3 is 2.66 bits per heavy atom. The Morgan fingerprint density at radius 2 is 1.91 bits per heavy atom. The highest BCUT2D eigenvalue weighted by Crippen LogP contribution is 2.31. The van der Waals surface area contributed by atoms with E-state index in [-0.39, 0.29) is 24.8 Å². The standard InChI is InChI=1S/C25H28N4O.2ClH/c1-16-10-11-20-23(17(16)2)27-25(22-15-18-7-4-5-9-21(18)30-22)28-24(20)26-13-12-19-8-6-14-29(19)3;;/h4-5,7,9-11,15,19H,6,8,12-14H2,1-3H3,(H,26,27,28);2*1H. The molecule has 5 nitrogen and oxygen atoms in total. The Balaban J connectivity index is 0.00000144. The molecule has 4 aromatic rings. The van der Waals surface area contributed by atoms with Crippen molar-refractivity contribution in [2.45, 2.75) is 39.2 Å². The minimum atomic E-state index is 0. The van der Waals surface area contributed by atoms with Gasteiger partial charge in [0.1, 0.15) is 11.4 Å². The fourth-order valence-corrected chi connectivity index (χ4v) is 4.47. The number of fused-ring (bicyclic) bond motifs is 2. The van der Waals surface area contributed by atoms with Crippen molar-refractivity contribution < 1.29 is 4.42 Å². The quantitative estimate of drug-likeness (QED) is 0.364. The molecule has 32 heavy (non-hydrogen) atoms. The lowest BCUT2D eigenvalue weighted by Crippen LogP contribution is -2.27. The number of aromatic nitrogens is 2. The third-order valence-electron chi connectivity index (χ3n) is 6.48. The molecule has 0 aliphatic carbocycles. The van der Waals surface area contributed by atoms with Crippen molar-refractivity contribution in [3.63, 3.8) is 0 Å². The molecule has 2 aromatic heterocycles. The Bertz CT molecular complexity index is 1190. The summed E-state index contributed by atoms with van der Waals surface area (Å²) in [7, 11) is 2.23. The summed E-state index contributed by atoms with van der Waals surface area (Å²) in [5.74, 6) is 2.23. The highest BCUT2D eigenvalue weighted by atomic mass is 35.5. The third-order valence-corrected chi connectivity index (χ3v) is 6.48. The van der Waals surface area contributed by atoms with Crippen LogP contribution in [0, 0.1) is 13.8 Å². The summed E-state index contributed by atoms with van der Waals surface area (Å²) in [4.78, 5) is 12.3. The molecule has 1 unspecified atom stereocenters. The van der Waals surface area contributed by atoms with Crippen molar-refractivity contribution in [3.8, 4) is 11.6 Å². The predicted octanol–water partition coefficient (Wildman–Crippen LogP) is 6.40. The molecule has 1 fully saturated rings. The topological polar surface area (TPSA) is 54.2 Å². The number of nitrogens with zero attached hydrogens (tertiary/aromatic N) is 3. The van der Waals surface area contributed by atoms with Gasteiger partial charge in [-0.2, -0.15) is 0 Å². The first-order valence-electron chi connectivity index (χ1n) is 10.8. The number of aryl methyl sites for hydroxylation is 2. The van der Waals surface area contributed by atoms with E-state index in [0.29, 0.717) is 17.6 Å². The van der Waals surface area contributed by atoms with Gasteiger partial charge in [0.25, 0.3) is 0 Å². The van der Waals surface area contributed by atoms with E-state index in [1.165, 1.54) is 30.5 Å². The molecule has 5 rings (SSSR count). The Labute approximate surface area is 201 Å². The normalized spacial score (nSPS) is 16.2. The Kier molecular flexibility index (Phi) is 7.65. The van der Waals surface area contributed by atoms with E-state index in [4.69, 9.17) is 14.4 Å². The van der Waals surface area contributed by atoms with Gasteiger partial charge in [-0.05, 0) is 76.0 Å². The van der Waals surface area contributed by atoms with Crippen LogP contribution < -0.4 is 5.32 Å². The van der Waals surface area contributed by atoms with Crippen LogP contribution in [0.5, 0.6) is 0 Å². The van der Waals surface area contributed by atoms with Gasteiger partial charge in [0.15, 0.2) is 11.6 Å².